The molecule has 2 aliphatic carbocycles. The largest absolute Gasteiger partial charge is 0.0801 e. The van der Waals surface area contributed by atoms with Gasteiger partial charge in [0.05, 0.1) is 16.1 Å². The lowest BCUT2D eigenvalue weighted by Gasteiger charge is -2.25. The van der Waals surface area contributed by atoms with E-state index in [4.69, 9.17) is 0 Å². The van der Waals surface area contributed by atoms with E-state index in [9.17, 15) is 0 Å². The fourth-order valence-corrected chi connectivity index (χ4v) is 7.86. The smallest absolute Gasteiger partial charge is 0.0784 e. The molecule has 4 rings (SSSR count). The summed E-state index contributed by atoms with van der Waals surface area (Å²) in [6, 6.07) is 12.0. The standard InChI is InChI=1S/C24H30Si2/c1-25(2,3)21-13-9-12-18-16-20-19(24(18)21)14-15-22(26(4,5)6)23(20)17-10-7-8-11-17/h7-10,12-15H,11,16H2,1-6H3. The lowest BCUT2D eigenvalue weighted by Crippen LogP contribution is -2.41. The van der Waals surface area contributed by atoms with Crippen molar-refractivity contribution in [1.29, 1.82) is 0 Å². The molecule has 0 bridgehead atoms. The van der Waals surface area contributed by atoms with Crippen molar-refractivity contribution in [3.05, 3.63) is 65.3 Å². The van der Waals surface area contributed by atoms with Crippen molar-refractivity contribution in [3.8, 4) is 11.1 Å². The van der Waals surface area contributed by atoms with E-state index in [2.05, 4.69) is 87.8 Å². The molecule has 0 heterocycles. The molecule has 134 valence electrons. The minimum Gasteiger partial charge on any atom is -0.0801 e. The van der Waals surface area contributed by atoms with Gasteiger partial charge in [-0.3, -0.25) is 0 Å². The van der Waals surface area contributed by atoms with Crippen molar-refractivity contribution in [2.45, 2.75) is 52.1 Å². The van der Waals surface area contributed by atoms with Crippen LogP contribution in [0.3, 0.4) is 0 Å². The quantitative estimate of drug-likeness (QED) is 0.516. The summed E-state index contributed by atoms with van der Waals surface area (Å²) in [5, 5.41) is 3.26. The first kappa shape index (κ1) is 17.8. The predicted octanol–water partition coefficient (Wildman–Crippen LogP) is 5.69. The third-order valence-corrected chi connectivity index (χ3v) is 9.87. The van der Waals surface area contributed by atoms with Crippen molar-refractivity contribution in [1.82, 2.24) is 0 Å². The van der Waals surface area contributed by atoms with Gasteiger partial charge in [-0.1, -0.05) is 98.2 Å². The molecule has 0 nitrogen and oxygen atoms in total. The van der Waals surface area contributed by atoms with E-state index in [1.54, 1.807) is 32.6 Å². The first-order valence-electron chi connectivity index (χ1n) is 9.83. The molecule has 0 atom stereocenters. The van der Waals surface area contributed by atoms with Crippen LogP contribution < -0.4 is 10.4 Å². The van der Waals surface area contributed by atoms with Gasteiger partial charge < -0.3 is 0 Å². The molecule has 0 saturated carbocycles. The van der Waals surface area contributed by atoms with Crippen LogP contribution in [0.4, 0.5) is 0 Å². The van der Waals surface area contributed by atoms with Crippen LogP contribution in [0.15, 0.2) is 48.6 Å². The summed E-state index contributed by atoms with van der Waals surface area (Å²) < 4.78 is 0. The van der Waals surface area contributed by atoms with Crippen molar-refractivity contribution >= 4 is 32.1 Å². The van der Waals surface area contributed by atoms with Gasteiger partial charge in [0, 0.05) is 0 Å². The lowest BCUT2D eigenvalue weighted by atomic mass is 9.95. The molecule has 2 heteroatoms. The highest BCUT2D eigenvalue weighted by Crippen LogP contribution is 2.41. The molecule has 0 spiro atoms. The number of fused-ring (bicyclic) bond motifs is 3. The van der Waals surface area contributed by atoms with E-state index in [0.717, 1.165) is 12.8 Å². The minimum absolute atomic E-state index is 1.09. The van der Waals surface area contributed by atoms with Gasteiger partial charge >= 0.3 is 0 Å². The van der Waals surface area contributed by atoms with Gasteiger partial charge in [-0.2, -0.15) is 0 Å². The van der Waals surface area contributed by atoms with Crippen molar-refractivity contribution in [2.24, 2.45) is 0 Å². The number of hydrogen-bond acceptors (Lipinski definition) is 0. The zero-order valence-electron chi connectivity index (χ0n) is 17.0. The maximum atomic E-state index is 2.48. The first-order valence-corrected chi connectivity index (χ1v) is 16.8. The van der Waals surface area contributed by atoms with Gasteiger partial charge in [0.2, 0.25) is 0 Å². The highest BCUT2D eigenvalue weighted by molar-refractivity contribution is 6.90. The molecular weight excluding hydrogens is 344 g/mol. The summed E-state index contributed by atoms with van der Waals surface area (Å²) in [4.78, 5) is 0. The highest BCUT2D eigenvalue weighted by atomic mass is 28.3. The van der Waals surface area contributed by atoms with E-state index in [1.807, 2.05) is 0 Å². The third-order valence-electron chi connectivity index (χ3n) is 5.81. The molecule has 0 fully saturated rings. The normalized spacial score (nSPS) is 15.8. The van der Waals surface area contributed by atoms with Crippen LogP contribution in [0.25, 0.3) is 16.7 Å². The van der Waals surface area contributed by atoms with Crippen LogP contribution in [0, 0.1) is 0 Å². The number of hydrogen-bond donors (Lipinski definition) is 0. The van der Waals surface area contributed by atoms with E-state index in [0.29, 0.717) is 0 Å². The van der Waals surface area contributed by atoms with Crippen LogP contribution in [0.5, 0.6) is 0 Å². The molecule has 0 aliphatic heterocycles. The first-order chi connectivity index (χ1) is 12.2. The maximum absolute atomic E-state index is 2.48. The zero-order chi connectivity index (χ0) is 18.7. The van der Waals surface area contributed by atoms with Gasteiger partial charge in [-0.25, -0.2) is 0 Å². The Kier molecular flexibility index (Phi) is 4.05. The van der Waals surface area contributed by atoms with Gasteiger partial charge in [0.1, 0.15) is 0 Å². The van der Waals surface area contributed by atoms with Crippen LogP contribution in [-0.4, -0.2) is 16.1 Å². The summed E-state index contributed by atoms with van der Waals surface area (Å²) in [7, 11) is -2.78. The summed E-state index contributed by atoms with van der Waals surface area (Å²) in [6.45, 7) is 14.9. The van der Waals surface area contributed by atoms with Gasteiger partial charge in [-0.05, 0) is 46.2 Å². The van der Waals surface area contributed by atoms with Crippen molar-refractivity contribution in [3.63, 3.8) is 0 Å². The second-order valence-electron chi connectivity index (χ2n) is 9.85. The van der Waals surface area contributed by atoms with Crippen molar-refractivity contribution in [2.75, 3.05) is 0 Å². The molecule has 0 N–H and O–H groups in total. The molecular formula is C24H30Si2. The van der Waals surface area contributed by atoms with Gasteiger partial charge in [-0.15, -0.1) is 0 Å². The summed E-state index contributed by atoms with van der Waals surface area (Å²) in [5.74, 6) is 0. The van der Waals surface area contributed by atoms with Crippen LogP contribution in [-0.2, 0) is 6.42 Å². The Balaban J connectivity index is 2.00. The molecule has 2 aromatic carbocycles. The molecule has 2 aliphatic rings. The molecule has 0 saturated heterocycles. The Morgan fingerprint density at radius 3 is 2.08 bits per heavy atom. The number of allylic oxidation sites excluding steroid dienone is 4. The average Bonchev–Trinajstić information content (AvgIpc) is 3.19. The van der Waals surface area contributed by atoms with Gasteiger partial charge in [0.15, 0.2) is 0 Å². The van der Waals surface area contributed by atoms with Crippen molar-refractivity contribution < 1.29 is 0 Å². The number of benzene rings is 2. The summed E-state index contributed by atoms with van der Waals surface area (Å²) >= 11 is 0. The van der Waals surface area contributed by atoms with Crippen LogP contribution in [0.1, 0.15) is 23.1 Å². The highest BCUT2D eigenvalue weighted by Gasteiger charge is 2.32. The molecule has 0 radical (unpaired) electrons. The Bertz CT molecular complexity index is 947. The molecule has 2 aromatic rings. The lowest BCUT2D eigenvalue weighted by molar-refractivity contribution is 1.24. The Hall–Kier alpha value is -1.65. The fourth-order valence-electron chi connectivity index (χ4n) is 4.57. The minimum atomic E-state index is -1.40. The second kappa shape index (κ2) is 5.93. The molecule has 26 heavy (non-hydrogen) atoms. The third kappa shape index (κ3) is 2.80. The topological polar surface area (TPSA) is 0 Å². The average molecular weight is 375 g/mol. The van der Waals surface area contributed by atoms with Gasteiger partial charge in [0.25, 0.3) is 0 Å². The molecule has 0 amide bonds. The monoisotopic (exact) mass is 374 g/mol. The second-order valence-corrected chi connectivity index (χ2v) is 19.9. The fraction of sp³-hybridized carbons (Fsp3) is 0.333. The Morgan fingerprint density at radius 1 is 0.769 bits per heavy atom. The Labute approximate surface area is 160 Å². The SMILES string of the molecule is C[Si](C)(C)c1ccc2c(c1C1=CC=CC1)Cc1cccc([Si](C)(C)C)c1-2. The summed E-state index contributed by atoms with van der Waals surface area (Å²) in [6.07, 6.45) is 9.08. The van der Waals surface area contributed by atoms with E-state index in [-0.39, 0.29) is 0 Å². The maximum Gasteiger partial charge on any atom is 0.0784 e. The van der Waals surface area contributed by atoms with E-state index < -0.39 is 16.1 Å². The Morgan fingerprint density at radius 2 is 1.46 bits per heavy atom. The van der Waals surface area contributed by atoms with Crippen LogP contribution >= 0.6 is 0 Å². The summed E-state index contributed by atoms with van der Waals surface area (Å²) in [5.41, 5.74) is 9.34. The van der Waals surface area contributed by atoms with Crippen LogP contribution in [0.2, 0.25) is 39.3 Å². The molecule has 0 aromatic heterocycles. The van der Waals surface area contributed by atoms with E-state index >= 15 is 0 Å². The number of rotatable bonds is 3. The zero-order valence-corrected chi connectivity index (χ0v) is 19.0. The van der Waals surface area contributed by atoms with E-state index in [1.165, 1.54) is 11.1 Å². The molecule has 0 unspecified atom stereocenters. The predicted molar refractivity (Wildman–Crippen MR) is 122 cm³/mol.